The molecule has 1 saturated heterocycles. The van der Waals surface area contributed by atoms with E-state index in [-0.39, 0.29) is 12.1 Å². The summed E-state index contributed by atoms with van der Waals surface area (Å²) < 4.78 is 38.5. The second-order valence-corrected chi connectivity index (χ2v) is 8.78. The number of benzene rings is 1. The molecule has 4 rings (SSSR count). The number of H-pyrrole nitrogens is 1. The van der Waals surface area contributed by atoms with Crippen LogP contribution in [0.5, 0.6) is 0 Å². The van der Waals surface area contributed by atoms with E-state index in [1.807, 2.05) is 24.0 Å². The lowest BCUT2D eigenvalue weighted by atomic mass is 10.0. The maximum absolute atomic E-state index is 12.8. The van der Waals surface area contributed by atoms with Gasteiger partial charge < -0.3 is 15.2 Å². The molecule has 0 bridgehead atoms. The second kappa shape index (κ2) is 10.5. The number of aromatic amines is 1. The van der Waals surface area contributed by atoms with Crippen LogP contribution in [0.2, 0.25) is 0 Å². The molecule has 186 valence electrons. The van der Waals surface area contributed by atoms with Gasteiger partial charge in [0.05, 0.1) is 11.3 Å². The summed E-state index contributed by atoms with van der Waals surface area (Å²) in [4.78, 5) is 28.6. The lowest BCUT2D eigenvalue weighted by Crippen LogP contribution is -2.49. The van der Waals surface area contributed by atoms with E-state index in [2.05, 4.69) is 25.2 Å². The molecular formula is C25H29F3N6O. The molecule has 0 radical (unpaired) electrons. The number of amides is 2. The topological polar surface area (TPSA) is 77.2 Å². The number of aromatic nitrogens is 3. The van der Waals surface area contributed by atoms with Crippen molar-refractivity contribution >= 4 is 6.03 Å². The van der Waals surface area contributed by atoms with Gasteiger partial charge in [0.2, 0.25) is 0 Å². The number of nitrogens with one attached hydrogen (secondary N) is 2. The number of alkyl halides is 3. The number of pyridine rings is 1. The standard InChI is InChI=1S/C25H29F3N6O/c1-17-22(32-23(31-17)19-3-5-20(6-4-19)25(26,27)28)16-33-13-9-21(10-14-33)34(24(35)29-2)15-18-7-11-30-12-8-18/h3-8,11-12,21H,9-10,13-16H2,1-2H3,(H,29,35)(H,31,32). The largest absolute Gasteiger partial charge is 0.416 e. The summed E-state index contributed by atoms with van der Waals surface area (Å²) >= 11 is 0. The highest BCUT2D eigenvalue weighted by Gasteiger charge is 2.30. The van der Waals surface area contributed by atoms with Crippen LogP contribution in [-0.4, -0.2) is 57.0 Å². The number of halogens is 3. The Kier molecular flexibility index (Phi) is 7.39. The molecule has 0 saturated carbocycles. The predicted molar refractivity (Wildman–Crippen MR) is 126 cm³/mol. The van der Waals surface area contributed by atoms with E-state index < -0.39 is 11.7 Å². The quantitative estimate of drug-likeness (QED) is 0.534. The first-order valence-corrected chi connectivity index (χ1v) is 11.6. The van der Waals surface area contributed by atoms with Crippen molar-refractivity contribution in [1.29, 1.82) is 0 Å². The third-order valence-corrected chi connectivity index (χ3v) is 6.42. The van der Waals surface area contributed by atoms with Crippen molar-refractivity contribution in [2.75, 3.05) is 20.1 Å². The minimum atomic E-state index is -4.36. The normalized spacial score (nSPS) is 15.2. The van der Waals surface area contributed by atoms with Gasteiger partial charge in [0, 0.05) is 62.9 Å². The van der Waals surface area contributed by atoms with Crippen LogP contribution in [0.4, 0.5) is 18.0 Å². The Hall–Kier alpha value is -3.40. The number of nitrogens with zero attached hydrogens (tertiary/aromatic N) is 4. The van der Waals surface area contributed by atoms with Crippen LogP contribution in [0.1, 0.15) is 35.4 Å². The van der Waals surface area contributed by atoms with Crippen molar-refractivity contribution in [2.45, 2.75) is 45.1 Å². The summed E-state index contributed by atoms with van der Waals surface area (Å²) in [6.45, 7) is 4.72. The Morgan fingerprint density at radius 2 is 1.80 bits per heavy atom. The highest BCUT2D eigenvalue weighted by molar-refractivity contribution is 5.74. The highest BCUT2D eigenvalue weighted by Crippen LogP contribution is 2.31. The van der Waals surface area contributed by atoms with Crippen LogP contribution in [0.3, 0.4) is 0 Å². The number of piperidine rings is 1. The van der Waals surface area contributed by atoms with Gasteiger partial charge in [-0.15, -0.1) is 0 Å². The van der Waals surface area contributed by atoms with Gasteiger partial charge in [-0.05, 0) is 49.6 Å². The van der Waals surface area contributed by atoms with Crippen molar-refractivity contribution in [1.82, 2.24) is 30.1 Å². The summed E-state index contributed by atoms with van der Waals surface area (Å²) in [6.07, 6.45) is 0.776. The summed E-state index contributed by atoms with van der Waals surface area (Å²) in [7, 11) is 1.64. The zero-order valence-corrected chi connectivity index (χ0v) is 19.8. The van der Waals surface area contributed by atoms with Crippen molar-refractivity contribution in [3.63, 3.8) is 0 Å². The number of imidazole rings is 1. The third kappa shape index (κ3) is 6.00. The maximum Gasteiger partial charge on any atom is 0.416 e. The van der Waals surface area contributed by atoms with Gasteiger partial charge in [0.15, 0.2) is 0 Å². The molecule has 3 heterocycles. The number of carbonyl (C=O) groups excluding carboxylic acids is 1. The Labute approximate surface area is 202 Å². The lowest BCUT2D eigenvalue weighted by Gasteiger charge is -2.38. The van der Waals surface area contributed by atoms with Crippen LogP contribution in [0.25, 0.3) is 11.4 Å². The SMILES string of the molecule is CNC(=O)N(Cc1ccncc1)C1CCN(Cc2nc(-c3ccc(C(F)(F)F)cc3)[nH]c2C)CC1. The number of carbonyl (C=O) groups is 1. The fourth-order valence-electron chi connectivity index (χ4n) is 4.40. The molecule has 2 amide bonds. The van der Waals surface area contributed by atoms with Gasteiger partial charge in [0.1, 0.15) is 5.82 Å². The summed E-state index contributed by atoms with van der Waals surface area (Å²) in [5.74, 6) is 0.559. The van der Waals surface area contributed by atoms with E-state index >= 15 is 0 Å². The second-order valence-electron chi connectivity index (χ2n) is 8.78. The molecule has 2 N–H and O–H groups in total. The fraction of sp³-hybridized carbons (Fsp3) is 0.400. The number of urea groups is 1. The molecule has 7 nitrogen and oxygen atoms in total. The first kappa shape index (κ1) is 24.7. The average Bonchev–Trinajstić information content (AvgIpc) is 3.23. The Bertz CT molecular complexity index is 1120. The first-order valence-electron chi connectivity index (χ1n) is 11.6. The summed E-state index contributed by atoms with van der Waals surface area (Å²) in [5.41, 5.74) is 2.74. The van der Waals surface area contributed by atoms with Gasteiger partial charge in [-0.1, -0.05) is 12.1 Å². The van der Waals surface area contributed by atoms with Gasteiger partial charge in [-0.2, -0.15) is 13.2 Å². The Balaban J connectivity index is 1.38. The van der Waals surface area contributed by atoms with E-state index in [9.17, 15) is 18.0 Å². The summed E-state index contributed by atoms with van der Waals surface area (Å²) in [5, 5.41) is 2.75. The molecule has 1 aliphatic rings. The van der Waals surface area contributed by atoms with E-state index in [1.165, 1.54) is 12.1 Å². The van der Waals surface area contributed by atoms with Crippen LogP contribution >= 0.6 is 0 Å². The molecule has 0 aliphatic carbocycles. The van der Waals surface area contributed by atoms with Crippen molar-refractivity contribution in [3.8, 4) is 11.4 Å². The minimum absolute atomic E-state index is 0.0930. The van der Waals surface area contributed by atoms with Crippen LogP contribution < -0.4 is 5.32 Å². The van der Waals surface area contributed by atoms with Crippen LogP contribution in [0, 0.1) is 6.92 Å². The number of likely N-dealkylation sites (tertiary alicyclic amines) is 1. The lowest BCUT2D eigenvalue weighted by molar-refractivity contribution is -0.137. The van der Waals surface area contributed by atoms with Gasteiger partial charge in [-0.25, -0.2) is 9.78 Å². The number of hydrogen-bond donors (Lipinski definition) is 2. The molecule has 1 fully saturated rings. The Morgan fingerprint density at radius 3 is 2.40 bits per heavy atom. The van der Waals surface area contributed by atoms with E-state index in [0.717, 1.165) is 55.0 Å². The number of hydrogen-bond acceptors (Lipinski definition) is 4. The number of rotatable bonds is 6. The molecule has 10 heteroatoms. The molecule has 0 spiro atoms. The smallest absolute Gasteiger partial charge is 0.342 e. The highest BCUT2D eigenvalue weighted by atomic mass is 19.4. The molecule has 2 aromatic heterocycles. The zero-order valence-electron chi connectivity index (χ0n) is 19.8. The Morgan fingerprint density at radius 1 is 1.14 bits per heavy atom. The third-order valence-electron chi connectivity index (χ3n) is 6.42. The molecule has 1 aliphatic heterocycles. The molecule has 3 aromatic rings. The van der Waals surface area contributed by atoms with Gasteiger partial charge >= 0.3 is 12.2 Å². The van der Waals surface area contributed by atoms with Gasteiger partial charge in [0.25, 0.3) is 0 Å². The number of aryl methyl sites for hydroxylation is 1. The van der Waals surface area contributed by atoms with Crippen molar-refractivity contribution in [2.24, 2.45) is 0 Å². The first-order chi connectivity index (χ1) is 16.7. The average molecular weight is 487 g/mol. The monoisotopic (exact) mass is 486 g/mol. The molecule has 1 aromatic carbocycles. The molecule has 0 atom stereocenters. The van der Waals surface area contributed by atoms with E-state index in [0.29, 0.717) is 24.5 Å². The fourth-order valence-corrected chi connectivity index (χ4v) is 4.40. The van der Waals surface area contributed by atoms with Crippen LogP contribution in [-0.2, 0) is 19.3 Å². The van der Waals surface area contributed by atoms with Crippen LogP contribution in [0.15, 0.2) is 48.8 Å². The maximum atomic E-state index is 12.8. The molecule has 0 unspecified atom stereocenters. The van der Waals surface area contributed by atoms with Crippen molar-refractivity contribution in [3.05, 3.63) is 71.3 Å². The minimum Gasteiger partial charge on any atom is -0.342 e. The zero-order chi connectivity index (χ0) is 25.0. The molecular weight excluding hydrogens is 457 g/mol. The van der Waals surface area contributed by atoms with Gasteiger partial charge in [-0.3, -0.25) is 9.88 Å². The molecule has 35 heavy (non-hydrogen) atoms. The summed E-state index contributed by atoms with van der Waals surface area (Å²) in [6, 6.07) is 8.88. The van der Waals surface area contributed by atoms with E-state index in [4.69, 9.17) is 0 Å². The van der Waals surface area contributed by atoms with Crippen molar-refractivity contribution < 1.29 is 18.0 Å². The predicted octanol–water partition coefficient (Wildman–Crippen LogP) is 4.60. The van der Waals surface area contributed by atoms with E-state index in [1.54, 1.807) is 19.4 Å².